The fourth-order valence-corrected chi connectivity index (χ4v) is 3.79. The molecule has 178 valence electrons. The molecule has 1 heterocycles. The highest BCUT2D eigenvalue weighted by molar-refractivity contribution is 6.03. The average molecular weight is 447 g/mol. The van der Waals surface area contributed by atoms with Crippen molar-refractivity contribution in [2.45, 2.75) is 66.0 Å². The van der Waals surface area contributed by atoms with Crippen LogP contribution in [0.25, 0.3) is 0 Å². The first-order valence-electron chi connectivity index (χ1n) is 11.5. The van der Waals surface area contributed by atoms with E-state index in [1.807, 2.05) is 50.8 Å². The standard InChI is InChI=1S/C24H38N4O4/c1-16(2)32-14-6-11-25-23(30)20-9-12-28(13-10-20)19(5)22(29)27-24(31)26-21-8-7-17(3)15-18(21)4/h7-8,15-16,19-20H,6,9-14H2,1-5H3,(H,25,30)(H2,26,27,29,31). The Kier molecular flexibility index (Phi) is 10.1. The highest BCUT2D eigenvalue weighted by atomic mass is 16.5. The molecule has 32 heavy (non-hydrogen) atoms. The van der Waals surface area contributed by atoms with E-state index in [1.165, 1.54) is 0 Å². The van der Waals surface area contributed by atoms with Crippen LogP contribution in [-0.2, 0) is 14.3 Å². The fraction of sp³-hybridized carbons (Fsp3) is 0.625. The lowest BCUT2D eigenvalue weighted by molar-refractivity contribution is -0.128. The van der Waals surface area contributed by atoms with Crippen LogP contribution in [0.4, 0.5) is 10.5 Å². The minimum absolute atomic E-state index is 0.0414. The van der Waals surface area contributed by atoms with Crippen molar-refractivity contribution >= 4 is 23.5 Å². The molecule has 3 N–H and O–H groups in total. The smallest absolute Gasteiger partial charge is 0.325 e. The van der Waals surface area contributed by atoms with Crippen molar-refractivity contribution in [2.24, 2.45) is 5.92 Å². The number of piperidine rings is 1. The van der Waals surface area contributed by atoms with E-state index in [2.05, 4.69) is 16.0 Å². The summed E-state index contributed by atoms with van der Waals surface area (Å²) in [5.74, 6) is -0.320. The number of nitrogens with zero attached hydrogens (tertiary/aromatic N) is 1. The van der Waals surface area contributed by atoms with Gasteiger partial charge in [0, 0.05) is 24.8 Å². The van der Waals surface area contributed by atoms with Crippen LogP contribution in [0.3, 0.4) is 0 Å². The number of benzene rings is 1. The van der Waals surface area contributed by atoms with E-state index in [-0.39, 0.29) is 23.8 Å². The summed E-state index contributed by atoms with van der Waals surface area (Å²) >= 11 is 0. The number of nitrogens with one attached hydrogen (secondary N) is 3. The molecule has 1 aliphatic rings. The van der Waals surface area contributed by atoms with Gasteiger partial charge in [-0.25, -0.2) is 4.79 Å². The number of imide groups is 1. The van der Waals surface area contributed by atoms with Gasteiger partial charge >= 0.3 is 6.03 Å². The van der Waals surface area contributed by atoms with Crippen LogP contribution in [-0.4, -0.2) is 61.1 Å². The molecular weight excluding hydrogens is 408 g/mol. The van der Waals surface area contributed by atoms with Gasteiger partial charge in [0.15, 0.2) is 0 Å². The molecule has 1 fully saturated rings. The molecule has 1 unspecified atom stereocenters. The van der Waals surface area contributed by atoms with Gasteiger partial charge in [0.1, 0.15) is 0 Å². The van der Waals surface area contributed by atoms with E-state index in [0.717, 1.165) is 17.5 Å². The number of aryl methyl sites for hydroxylation is 2. The molecule has 0 aliphatic carbocycles. The Balaban J connectivity index is 1.71. The quantitative estimate of drug-likeness (QED) is 0.507. The van der Waals surface area contributed by atoms with E-state index >= 15 is 0 Å². The van der Waals surface area contributed by atoms with Crippen molar-refractivity contribution in [1.82, 2.24) is 15.5 Å². The number of likely N-dealkylation sites (tertiary alicyclic amines) is 1. The number of hydrogen-bond donors (Lipinski definition) is 3. The normalized spacial score (nSPS) is 15.9. The number of carbonyl (C=O) groups excluding carboxylic acids is 3. The molecule has 8 nitrogen and oxygen atoms in total. The van der Waals surface area contributed by atoms with Crippen LogP contribution < -0.4 is 16.0 Å². The molecule has 0 aromatic heterocycles. The Hall–Kier alpha value is -2.45. The highest BCUT2D eigenvalue weighted by Gasteiger charge is 2.30. The number of urea groups is 1. The molecule has 1 aromatic rings. The van der Waals surface area contributed by atoms with Crippen molar-refractivity contribution in [2.75, 3.05) is 31.6 Å². The molecular formula is C24H38N4O4. The van der Waals surface area contributed by atoms with Gasteiger partial charge in [0.25, 0.3) is 0 Å². The van der Waals surface area contributed by atoms with Gasteiger partial charge in [-0.05, 0) is 78.6 Å². The zero-order chi connectivity index (χ0) is 23.7. The molecule has 8 heteroatoms. The summed E-state index contributed by atoms with van der Waals surface area (Å²) in [7, 11) is 0. The summed E-state index contributed by atoms with van der Waals surface area (Å²) in [5.41, 5.74) is 2.72. The molecule has 1 saturated heterocycles. The average Bonchev–Trinajstić information content (AvgIpc) is 2.74. The van der Waals surface area contributed by atoms with E-state index in [0.29, 0.717) is 44.8 Å². The van der Waals surface area contributed by atoms with Crippen molar-refractivity contribution in [3.05, 3.63) is 29.3 Å². The van der Waals surface area contributed by atoms with Gasteiger partial charge in [-0.15, -0.1) is 0 Å². The molecule has 0 bridgehead atoms. The summed E-state index contributed by atoms with van der Waals surface area (Å²) in [5, 5.41) is 8.14. The third kappa shape index (κ3) is 8.24. The third-order valence-electron chi connectivity index (χ3n) is 5.77. The van der Waals surface area contributed by atoms with E-state index in [1.54, 1.807) is 6.92 Å². The molecule has 1 aliphatic heterocycles. The lowest BCUT2D eigenvalue weighted by Crippen LogP contribution is -2.51. The van der Waals surface area contributed by atoms with Crippen molar-refractivity contribution in [1.29, 1.82) is 0 Å². The number of hydrogen-bond acceptors (Lipinski definition) is 5. The van der Waals surface area contributed by atoms with Gasteiger partial charge in [0.05, 0.1) is 12.1 Å². The second-order valence-electron chi connectivity index (χ2n) is 8.81. The number of carbonyl (C=O) groups is 3. The molecule has 0 radical (unpaired) electrons. The molecule has 0 saturated carbocycles. The zero-order valence-electron chi connectivity index (χ0n) is 20.0. The van der Waals surface area contributed by atoms with Crippen LogP contribution in [0, 0.1) is 19.8 Å². The van der Waals surface area contributed by atoms with Crippen LogP contribution >= 0.6 is 0 Å². The molecule has 0 spiro atoms. The molecule has 1 aromatic carbocycles. The lowest BCUT2D eigenvalue weighted by atomic mass is 9.95. The second-order valence-corrected chi connectivity index (χ2v) is 8.81. The predicted octanol–water partition coefficient (Wildman–Crippen LogP) is 2.98. The number of rotatable bonds is 9. The summed E-state index contributed by atoms with van der Waals surface area (Å²) in [6.45, 7) is 12.2. The van der Waals surface area contributed by atoms with Gasteiger partial charge in [0.2, 0.25) is 11.8 Å². The highest BCUT2D eigenvalue weighted by Crippen LogP contribution is 2.20. The molecule has 4 amide bonds. The van der Waals surface area contributed by atoms with Gasteiger partial charge < -0.3 is 15.4 Å². The zero-order valence-corrected chi connectivity index (χ0v) is 20.0. The van der Waals surface area contributed by atoms with Gasteiger partial charge in [-0.2, -0.15) is 0 Å². The number of ether oxygens (including phenoxy) is 1. The molecule has 2 rings (SSSR count). The minimum Gasteiger partial charge on any atom is -0.379 e. The summed E-state index contributed by atoms with van der Waals surface area (Å²) in [6, 6.07) is 4.72. The summed E-state index contributed by atoms with van der Waals surface area (Å²) in [6.07, 6.45) is 2.39. The van der Waals surface area contributed by atoms with Crippen molar-refractivity contribution in [3.63, 3.8) is 0 Å². The minimum atomic E-state index is -0.537. The third-order valence-corrected chi connectivity index (χ3v) is 5.77. The number of anilines is 1. The van der Waals surface area contributed by atoms with E-state index in [4.69, 9.17) is 4.74 Å². The molecule has 1 atom stereocenters. The lowest BCUT2D eigenvalue weighted by Gasteiger charge is -2.34. The van der Waals surface area contributed by atoms with Gasteiger partial charge in [-0.1, -0.05) is 17.7 Å². The van der Waals surface area contributed by atoms with Crippen LogP contribution in [0.1, 0.15) is 51.2 Å². The predicted molar refractivity (Wildman–Crippen MR) is 126 cm³/mol. The van der Waals surface area contributed by atoms with E-state index in [9.17, 15) is 14.4 Å². The summed E-state index contributed by atoms with van der Waals surface area (Å²) in [4.78, 5) is 39.2. The van der Waals surface area contributed by atoms with E-state index < -0.39 is 12.1 Å². The Labute approximate surface area is 191 Å². The Morgan fingerprint density at radius 1 is 1.12 bits per heavy atom. The van der Waals surface area contributed by atoms with Gasteiger partial charge in [-0.3, -0.25) is 19.8 Å². The number of amides is 4. The summed E-state index contributed by atoms with van der Waals surface area (Å²) < 4.78 is 5.48. The Bertz CT molecular complexity index is 788. The first kappa shape index (κ1) is 25.8. The maximum absolute atomic E-state index is 12.5. The van der Waals surface area contributed by atoms with Crippen LogP contribution in [0.15, 0.2) is 18.2 Å². The maximum Gasteiger partial charge on any atom is 0.325 e. The maximum atomic E-state index is 12.5. The SMILES string of the molecule is Cc1ccc(NC(=O)NC(=O)C(C)N2CCC(C(=O)NCCCOC(C)C)CC2)c(C)c1. The van der Waals surface area contributed by atoms with Crippen molar-refractivity contribution in [3.8, 4) is 0 Å². The first-order valence-corrected chi connectivity index (χ1v) is 11.5. The Morgan fingerprint density at radius 2 is 1.81 bits per heavy atom. The fourth-order valence-electron chi connectivity index (χ4n) is 3.79. The topological polar surface area (TPSA) is 99.8 Å². The van der Waals surface area contributed by atoms with Crippen LogP contribution in [0.2, 0.25) is 0 Å². The second kappa shape index (κ2) is 12.6. The first-order chi connectivity index (χ1) is 15.2. The van der Waals surface area contributed by atoms with Crippen molar-refractivity contribution < 1.29 is 19.1 Å². The van der Waals surface area contributed by atoms with Crippen LogP contribution in [0.5, 0.6) is 0 Å². The monoisotopic (exact) mass is 446 g/mol. The Morgan fingerprint density at radius 3 is 2.44 bits per heavy atom. The largest absolute Gasteiger partial charge is 0.379 e.